The molecule has 3 rings (SSSR count). The zero-order valence-corrected chi connectivity index (χ0v) is 17.7. The average molecular weight is 445 g/mol. The molecule has 0 saturated heterocycles. The van der Waals surface area contributed by atoms with E-state index in [0.717, 1.165) is 10.6 Å². The molecule has 1 aromatic heterocycles. The number of nitrogens with zero attached hydrogens (tertiary/aromatic N) is 3. The standard InChI is InChI=1S/C20H17ClN4O4S/c1-3-30-18-9-8-13(21)11-14(18)22-20(27)19-17(26)10-12(2)24(23-19)15-6-4-5-7-16(15)25(28)29/h4-11H,3H2,1-2H3,(H,22,27). The predicted octanol–water partition coefficient (Wildman–Crippen LogP) is 4.47. The van der Waals surface area contributed by atoms with Crippen molar-refractivity contribution in [2.75, 3.05) is 11.1 Å². The highest BCUT2D eigenvalue weighted by Crippen LogP contribution is 2.30. The van der Waals surface area contributed by atoms with Gasteiger partial charge in [0.2, 0.25) is 5.43 Å². The summed E-state index contributed by atoms with van der Waals surface area (Å²) in [6.07, 6.45) is 0. The van der Waals surface area contributed by atoms with Crippen LogP contribution in [0.15, 0.2) is 58.2 Å². The number of aryl methyl sites for hydroxylation is 1. The number of anilines is 1. The van der Waals surface area contributed by atoms with Crippen molar-refractivity contribution in [1.82, 2.24) is 9.78 Å². The SMILES string of the molecule is CCSc1ccc(Cl)cc1NC(=O)c1nn(-c2ccccc2[N+](=O)[O-])c(C)cc1=O. The van der Waals surface area contributed by atoms with Gasteiger partial charge in [-0.05, 0) is 36.9 Å². The number of carbonyl (C=O) groups excluding carboxylic acids is 1. The summed E-state index contributed by atoms with van der Waals surface area (Å²) in [5.41, 5.74) is -0.203. The fourth-order valence-electron chi connectivity index (χ4n) is 2.81. The molecule has 154 valence electrons. The van der Waals surface area contributed by atoms with Gasteiger partial charge in [0, 0.05) is 27.7 Å². The molecule has 0 aliphatic rings. The van der Waals surface area contributed by atoms with E-state index in [1.807, 2.05) is 6.92 Å². The molecule has 3 aromatic rings. The fourth-order valence-corrected chi connectivity index (χ4v) is 3.72. The molecular formula is C20H17ClN4O4S. The molecule has 0 aliphatic carbocycles. The molecule has 8 nitrogen and oxygen atoms in total. The average Bonchev–Trinajstić information content (AvgIpc) is 2.70. The number of nitro groups is 1. The number of rotatable bonds is 6. The van der Waals surface area contributed by atoms with Crippen molar-refractivity contribution in [1.29, 1.82) is 0 Å². The second-order valence-electron chi connectivity index (χ2n) is 6.18. The lowest BCUT2D eigenvalue weighted by molar-refractivity contribution is -0.384. The van der Waals surface area contributed by atoms with Gasteiger partial charge in [-0.2, -0.15) is 5.10 Å². The maximum absolute atomic E-state index is 12.8. The first kappa shape index (κ1) is 21.5. The molecular weight excluding hydrogens is 428 g/mol. The van der Waals surface area contributed by atoms with Gasteiger partial charge >= 0.3 is 0 Å². The highest BCUT2D eigenvalue weighted by molar-refractivity contribution is 7.99. The molecule has 1 N–H and O–H groups in total. The Morgan fingerprint density at radius 3 is 2.70 bits per heavy atom. The van der Waals surface area contributed by atoms with E-state index in [1.165, 1.54) is 40.7 Å². The van der Waals surface area contributed by atoms with Crippen LogP contribution in [0.1, 0.15) is 23.1 Å². The number of nitrogens with one attached hydrogen (secondary N) is 1. The number of benzene rings is 2. The first-order chi connectivity index (χ1) is 14.3. The Kier molecular flexibility index (Phi) is 6.53. The maximum atomic E-state index is 12.8. The van der Waals surface area contributed by atoms with Gasteiger partial charge < -0.3 is 5.32 Å². The number of carbonyl (C=O) groups is 1. The lowest BCUT2D eigenvalue weighted by Crippen LogP contribution is -2.27. The monoisotopic (exact) mass is 444 g/mol. The van der Waals surface area contributed by atoms with Crippen LogP contribution >= 0.6 is 23.4 Å². The summed E-state index contributed by atoms with van der Waals surface area (Å²) in [6.45, 7) is 3.55. The molecule has 0 radical (unpaired) electrons. The van der Waals surface area contributed by atoms with E-state index in [-0.39, 0.29) is 17.1 Å². The summed E-state index contributed by atoms with van der Waals surface area (Å²) < 4.78 is 1.22. The largest absolute Gasteiger partial charge is 0.319 e. The molecule has 2 aromatic carbocycles. The summed E-state index contributed by atoms with van der Waals surface area (Å²) in [7, 11) is 0. The minimum atomic E-state index is -0.729. The Balaban J connectivity index is 2.05. The van der Waals surface area contributed by atoms with E-state index in [9.17, 15) is 19.7 Å². The number of hydrogen-bond acceptors (Lipinski definition) is 6. The van der Waals surface area contributed by atoms with Crippen molar-refractivity contribution < 1.29 is 9.72 Å². The number of aromatic nitrogens is 2. The zero-order valence-electron chi connectivity index (χ0n) is 16.1. The normalized spacial score (nSPS) is 10.6. The van der Waals surface area contributed by atoms with Crippen LogP contribution in [0.2, 0.25) is 5.02 Å². The molecule has 0 atom stereocenters. The Bertz CT molecular complexity index is 1200. The van der Waals surface area contributed by atoms with E-state index in [2.05, 4.69) is 10.4 Å². The summed E-state index contributed by atoms with van der Waals surface area (Å²) in [5.74, 6) is 0.0464. The second kappa shape index (κ2) is 9.10. The van der Waals surface area contributed by atoms with Crippen molar-refractivity contribution in [2.24, 2.45) is 0 Å². The van der Waals surface area contributed by atoms with Crippen molar-refractivity contribution in [3.63, 3.8) is 0 Å². The zero-order chi connectivity index (χ0) is 21.8. The minimum Gasteiger partial charge on any atom is -0.319 e. The van der Waals surface area contributed by atoms with Crippen LogP contribution < -0.4 is 10.7 Å². The Hall–Kier alpha value is -3.17. The molecule has 1 amide bonds. The molecule has 30 heavy (non-hydrogen) atoms. The van der Waals surface area contributed by atoms with Gasteiger partial charge in [-0.1, -0.05) is 30.7 Å². The molecule has 0 unspecified atom stereocenters. The first-order valence-electron chi connectivity index (χ1n) is 8.90. The summed E-state index contributed by atoms with van der Waals surface area (Å²) in [6, 6.07) is 12.3. The van der Waals surface area contributed by atoms with Gasteiger partial charge in [0.05, 0.1) is 10.6 Å². The van der Waals surface area contributed by atoms with E-state index < -0.39 is 16.3 Å². The van der Waals surface area contributed by atoms with Crippen LogP contribution in [-0.4, -0.2) is 26.4 Å². The summed E-state index contributed by atoms with van der Waals surface area (Å²) in [4.78, 5) is 36.9. The molecule has 0 fully saturated rings. The molecule has 0 aliphatic heterocycles. The topological polar surface area (TPSA) is 107 Å². The predicted molar refractivity (Wildman–Crippen MR) is 117 cm³/mol. The fraction of sp³-hybridized carbons (Fsp3) is 0.150. The molecule has 0 saturated carbocycles. The Morgan fingerprint density at radius 2 is 2.00 bits per heavy atom. The van der Waals surface area contributed by atoms with Crippen LogP contribution in [-0.2, 0) is 0 Å². The van der Waals surface area contributed by atoms with Crippen molar-refractivity contribution in [3.8, 4) is 5.69 Å². The first-order valence-corrected chi connectivity index (χ1v) is 10.3. The van der Waals surface area contributed by atoms with Crippen molar-refractivity contribution >= 4 is 40.6 Å². The van der Waals surface area contributed by atoms with Gasteiger partial charge in [0.25, 0.3) is 11.6 Å². The summed E-state index contributed by atoms with van der Waals surface area (Å²) >= 11 is 7.55. The highest BCUT2D eigenvalue weighted by Gasteiger charge is 2.21. The number of nitro benzene ring substituents is 1. The van der Waals surface area contributed by atoms with Crippen LogP contribution in [0.4, 0.5) is 11.4 Å². The van der Waals surface area contributed by atoms with E-state index in [0.29, 0.717) is 16.4 Å². The van der Waals surface area contributed by atoms with Gasteiger partial charge in [-0.25, -0.2) is 4.68 Å². The van der Waals surface area contributed by atoms with E-state index in [4.69, 9.17) is 11.6 Å². The maximum Gasteiger partial charge on any atom is 0.294 e. The lowest BCUT2D eigenvalue weighted by Gasteiger charge is -2.13. The molecule has 1 heterocycles. The van der Waals surface area contributed by atoms with Crippen molar-refractivity contribution in [3.05, 3.63) is 85.3 Å². The van der Waals surface area contributed by atoms with Crippen LogP contribution in [0.5, 0.6) is 0 Å². The lowest BCUT2D eigenvalue weighted by atomic mass is 10.2. The molecule has 0 bridgehead atoms. The summed E-state index contributed by atoms with van der Waals surface area (Å²) in [5, 5.41) is 18.6. The second-order valence-corrected chi connectivity index (χ2v) is 7.93. The third kappa shape index (κ3) is 4.52. The third-order valence-electron chi connectivity index (χ3n) is 4.12. The number of thioether (sulfide) groups is 1. The molecule has 0 spiro atoms. The van der Waals surface area contributed by atoms with Crippen molar-refractivity contribution in [2.45, 2.75) is 18.7 Å². The van der Waals surface area contributed by atoms with E-state index in [1.54, 1.807) is 31.2 Å². The van der Waals surface area contributed by atoms with Gasteiger partial charge in [-0.3, -0.25) is 19.7 Å². The number of para-hydroxylation sites is 2. The Morgan fingerprint density at radius 1 is 1.27 bits per heavy atom. The van der Waals surface area contributed by atoms with Crippen LogP contribution in [0, 0.1) is 17.0 Å². The number of halogens is 1. The third-order valence-corrected chi connectivity index (χ3v) is 5.31. The number of hydrogen-bond donors (Lipinski definition) is 1. The minimum absolute atomic E-state index is 0.152. The quantitative estimate of drug-likeness (QED) is 0.341. The van der Waals surface area contributed by atoms with Crippen LogP contribution in [0.25, 0.3) is 5.69 Å². The van der Waals surface area contributed by atoms with Gasteiger partial charge in [-0.15, -0.1) is 11.8 Å². The van der Waals surface area contributed by atoms with Crippen LogP contribution in [0.3, 0.4) is 0 Å². The van der Waals surface area contributed by atoms with Gasteiger partial charge in [0.1, 0.15) is 5.69 Å². The van der Waals surface area contributed by atoms with Gasteiger partial charge in [0.15, 0.2) is 5.69 Å². The van der Waals surface area contributed by atoms with E-state index >= 15 is 0 Å². The smallest absolute Gasteiger partial charge is 0.294 e. The number of amides is 1. The molecule has 10 heteroatoms. The highest BCUT2D eigenvalue weighted by atomic mass is 35.5. The Labute approximate surface area is 181 Å².